The van der Waals surface area contributed by atoms with E-state index in [2.05, 4.69) is 122 Å². The quantitative estimate of drug-likeness (QED) is 0.179. The molecule has 30 heavy (non-hydrogen) atoms. The lowest BCUT2D eigenvalue weighted by atomic mass is 10.2. The molecule has 0 aromatic heterocycles. The summed E-state index contributed by atoms with van der Waals surface area (Å²) in [4.78, 5) is 0. The molecule has 0 N–H and O–H groups in total. The molecule has 0 radical (unpaired) electrons. The largest absolute Gasteiger partial charge is 0.112 e. The Hall–Kier alpha value is -2.43. The fourth-order valence-corrected chi connectivity index (χ4v) is 8.41. The molecule has 0 saturated heterocycles. The molecule has 0 nitrogen and oxygen atoms in total. The molecule has 0 bridgehead atoms. The Morgan fingerprint density at radius 1 is 0.533 bits per heavy atom. The third-order valence-electron chi connectivity index (χ3n) is 5.52. The molecular weight excluding hydrogens is 379 g/mol. The maximum Gasteiger partial charge on any atom is 0.112 e. The van der Waals surface area contributed by atoms with Crippen LogP contribution in [0.25, 0.3) is 0 Å². The van der Waals surface area contributed by atoms with Crippen LogP contribution >= 0.6 is 7.26 Å². The fraction of sp³-hybridized carbons (Fsp3) is 0.241. The van der Waals surface area contributed by atoms with Crippen LogP contribution in [0.3, 0.4) is 0 Å². The number of unbranched alkanes of at least 4 members (excludes halogenated alkanes) is 2. The van der Waals surface area contributed by atoms with Gasteiger partial charge in [0.2, 0.25) is 0 Å². The zero-order valence-corrected chi connectivity index (χ0v) is 19.1. The number of hydrogen-bond donors (Lipinski definition) is 0. The van der Waals surface area contributed by atoms with E-state index >= 15 is 0 Å². The van der Waals surface area contributed by atoms with Crippen LogP contribution in [0.4, 0.5) is 0 Å². The first-order valence-electron chi connectivity index (χ1n) is 11.2. The standard InChI is InChI=1S/C29H34P/c1-2-3-4-5-6-7-8-9-19-26-30(27-20-13-10-14-21-27,28-22-15-11-16-23-28)29-24-17-12-18-25-29/h3-4,7-8,10-18,20-25H,2,5-6,9,19,26H2,1H3/q+1. The van der Waals surface area contributed by atoms with Gasteiger partial charge in [-0.15, -0.1) is 0 Å². The minimum atomic E-state index is -1.67. The van der Waals surface area contributed by atoms with E-state index in [1.54, 1.807) is 0 Å². The molecule has 3 aromatic carbocycles. The molecule has 0 unspecified atom stereocenters. The van der Waals surface area contributed by atoms with Gasteiger partial charge >= 0.3 is 0 Å². The van der Waals surface area contributed by atoms with Gasteiger partial charge in [0.05, 0.1) is 6.16 Å². The van der Waals surface area contributed by atoms with Crippen LogP contribution in [0.1, 0.15) is 39.0 Å². The second kappa shape index (κ2) is 12.3. The Kier molecular flexibility index (Phi) is 9.13. The molecule has 1 heteroatoms. The maximum absolute atomic E-state index is 2.38. The summed E-state index contributed by atoms with van der Waals surface area (Å²) in [6.07, 6.45) is 16.3. The molecule has 3 rings (SSSR count). The molecule has 154 valence electrons. The van der Waals surface area contributed by atoms with E-state index in [9.17, 15) is 0 Å². The maximum atomic E-state index is 2.38. The molecule has 0 fully saturated rings. The highest BCUT2D eigenvalue weighted by molar-refractivity contribution is 7.95. The van der Waals surface area contributed by atoms with E-state index < -0.39 is 7.26 Å². The second-order valence-electron chi connectivity index (χ2n) is 7.61. The van der Waals surface area contributed by atoms with Crippen molar-refractivity contribution in [2.45, 2.75) is 39.0 Å². The topological polar surface area (TPSA) is 0 Å². The lowest BCUT2D eigenvalue weighted by molar-refractivity contribution is 0.948. The number of hydrogen-bond acceptors (Lipinski definition) is 0. The van der Waals surface area contributed by atoms with Gasteiger partial charge in [0.1, 0.15) is 23.2 Å². The SMILES string of the molecule is CCC=CCCC=CCCC[P+](c1ccccc1)(c1ccccc1)c1ccccc1. The molecule has 0 saturated carbocycles. The predicted molar refractivity (Wildman–Crippen MR) is 137 cm³/mol. The second-order valence-corrected chi connectivity index (χ2v) is 11.2. The van der Waals surface area contributed by atoms with Crippen LogP contribution in [-0.4, -0.2) is 6.16 Å². The smallest absolute Gasteiger partial charge is 0.0888 e. The Bertz CT molecular complexity index is 798. The van der Waals surface area contributed by atoms with E-state index in [1.165, 1.54) is 28.5 Å². The van der Waals surface area contributed by atoms with E-state index in [-0.39, 0.29) is 0 Å². The van der Waals surface area contributed by atoms with Crippen molar-refractivity contribution in [3.8, 4) is 0 Å². The molecular formula is C29H34P+. The summed E-state index contributed by atoms with van der Waals surface area (Å²) in [6, 6.07) is 33.6. The van der Waals surface area contributed by atoms with E-state index in [4.69, 9.17) is 0 Å². The molecule has 0 atom stereocenters. The number of allylic oxidation sites excluding steroid dienone is 4. The van der Waals surface area contributed by atoms with Crippen molar-refractivity contribution in [1.29, 1.82) is 0 Å². The summed E-state index contributed by atoms with van der Waals surface area (Å²) in [7, 11) is -1.67. The first-order chi connectivity index (χ1) is 14.9. The van der Waals surface area contributed by atoms with Crippen molar-refractivity contribution >= 4 is 23.2 Å². The van der Waals surface area contributed by atoms with Gasteiger partial charge in [0.15, 0.2) is 0 Å². The fourth-order valence-electron chi connectivity index (χ4n) is 4.04. The zero-order valence-electron chi connectivity index (χ0n) is 18.2. The van der Waals surface area contributed by atoms with Crippen molar-refractivity contribution < 1.29 is 0 Å². The highest BCUT2D eigenvalue weighted by atomic mass is 31.2. The van der Waals surface area contributed by atoms with Gasteiger partial charge in [-0.2, -0.15) is 0 Å². The molecule has 0 aliphatic heterocycles. The molecule has 0 aliphatic carbocycles. The van der Waals surface area contributed by atoms with Gasteiger partial charge in [-0.1, -0.05) is 85.8 Å². The summed E-state index contributed by atoms with van der Waals surface area (Å²) in [5.41, 5.74) is 0. The minimum Gasteiger partial charge on any atom is -0.0888 e. The van der Waals surface area contributed by atoms with Gasteiger partial charge < -0.3 is 0 Å². The minimum absolute atomic E-state index is 1.13. The van der Waals surface area contributed by atoms with Crippen LogP contribution < -0.4 is 15.9 Å². The normalized spacial score (nSPS) is 12.0. The number of rotatable bonds is 11. The van der Waals surface area contributed by atoms with Crippen LogP contribution in [0, 0.1) is 0 Å². The van der Waals surface area contributed by atoms with Gasteiger partial charge in [-0.3, -0.25) is 0 Å². The predicted octanol–water partition coefficient (Wildman–Crippen LogP) is 7.06. The van der Waals surface area contributed by atoms with Crippen molar-refractivity contribution in [3.63, 3.8) is 0 Å². The van der Waals surface area contributed by atoms with Crippen molar-refractivity contribution in [2.24, 2.45) is 0 Å². The van der Waals surface area contributed by atoms with E-state index in [1.807, 2.05) is 0 Å². The average molecular weight is 414 g/mol. The Labute approximate surface area is 183 Å². The highest BCUT2D eigenvalue weighted by Crippen LogP contribution is 2.55. The first kappa shape index (κ1) is 22.3. The highest BCUT2D eigenvalue weighted by Gasteiger charge is 2.44. The lowest BCUT2D eigenvalue weighted by Crippen LogP contribution is -2.33. The van der Waals surface area contributed by atoms with Gasteiger partial charge in [0, 0.05) is 0 Å². The summed E-state index contributed by atoms with van der Waals surface area (Å²) in [5.74, 6) is 0. The van der Waals surface area contributed by atoms with Gasteiger partial charge in [-0.25, -0.2) is 0 Å². The summed E-state index contributed by atoms with van der Waals surface area (Å²) >= 11 is 0. The summed E-state index contributed by atoms with van der Waals surface area (Å²) in [5, 5.41) is 4.45. The molecule has 0 aliphatic rings. The van der Waals surface area contributed by atoms with Crippen LogP contribution in [-0.2, 0) is 0 Å². The zero-order chi connectivity index (χ0) is 20.9. The van der Waals surface area contributed by atoms with Crippen LogP contribution in [0.15, 0.2) is 115 Å². The summed E-state index contributed by atoms with van der Waals surface area (Å²) in [6.45, 7) is 2.19. The monoisotopic (exact) mass is 413 g/mol. The van der Waals surface area contributed by atoms with E-state index in [0.717, 1.165) is 25.7 Å². The molecule has 3 aromatic rings. The van der Waals surface area contributed by atoms with Crippen molar-refractivity contribution in [2.75, 3.05) is 6.16 Å². The third kappa shape index (κ3) is 5.80. The molecule has 0 heterocycles. The molecule has 0 amide bonds. The molecule has 0 spiro atoms. The van der Waals surface area contributed by atoms with E-state index in [0.29, 0.717) is 0 Å². The Morgan fingerprint density at radius 3 is 1.37 bits per heavy atom. The lowest BCUT2D eigenvalue weighted by Gasteiger charge is -2.27. The van der Waals surface area contributed by atoms with Crippen LogP contribution in [0.2, 0.25) is 0 Å². The van der Waals surface area contributed by atoms with Crippen molar-refractivity contribution in [1.82, 2.24) is 0 Å². The van der Waals surface area contributed by atoms with Crippen LogP contribution in [0.5, 0.6) is 0 Å². The Morgan fingerprint density at radius 2 is 0.933 bits per heavy atom. The number of benzene rings is 3. The average Bonchev–Trinajstić information content (AvgIpc) is 2.82. The van der Waals surface area contributed by atoms with Gasteiger partial charge in [0.25, 0.3) is 0 Å². The summed E-state index contributed by atoms with van der Waals surface area (Å²) < 4.78 is 0. The van der Waals surface area contributed by atoms with Gasteiger partial charge in [-0.05, 0) is 68.5 Å². The first-order valence-corrected chi connectivity index (χ1v) is 13.2. The third-order valence-corrected chi connectivity index (χ3v) is 10.1. The van der Waals surface area contributed by atoms with Crippen molar-refractivity contribution in [3.05, 3.63) is 115 Å². The Balaban J connectivity index is 1.85.